The molecule has 1 aromatic rings. The average Bonchev–Trinajstić information content (AvgIpc) is 2.28. The molecule has 0 aliphatic carbocycles. The van der Waals surface area contributed by atoms with Crippen LogP contribution in [0.25, 0.3) is 0 Å². The first-order valence-corrected chi connectivity index (χ1v) is 5.81. The number of nitro benzene ring substituents is 1. The number of hydrogen-bond donors (Lipinski definition) is 3. The Bertz CT molecular complexity index is 427. The van der Waals surface area contributed by atoms with Gasteiger partial charge < -0.3 is 19.9 Å². The molecule has 111 valence electrons. The normalized spacial score (nSPS) is 11.2. The first-order chi connectivity index (χ1) is 9.05. The summed E-state index contributed by atoms with van der Waals surface area (Å²) in [6.07, 6.45) is 0. The summed E-state index contributed by atoms with van der Waals surface area (Å²) in [6.45, 7) is 6.82. The van der Waals surface area contributed by atoms with Crippen molar-refractivity contribution in [2.75, 3.05) is 0 Å². The second kappa shape index (κ2) is 7.23. The monoisotopic (exact) mass is 284 g/mol. The van der Waals surface area contributed by atoms with Crippen LogP contribution in [0.15, 0.2) is 24.3 Å². The van der Waals surface area contributed by atoms with E-state index in [9.17, 15) is 15.2 Å². The summed E-state index contributed by atoms with van der Waals surface area (Å²) in [5, 5.41) is 34.4. The van der Waals surface area contributed by atoms with Crippen LogP contribution in [0.4, 0.5) is 5.69 Å². The van der Waals surface area contributed by atoms with Crippen LogP contribution >= 0.6 is 0 Å². The molecule has 0 bridgehead atoms. The Morgan fingerprint density at radius 2 is 1.55 bits per heavy atom. The van der Waals surface area contributed by atoms with E-state index in [0.29, 0.717) is 5.75 Å². The molecular formula is C12H19BNO6. The van der Waals surface area contributed by atoms with Crippen molar-refractivity contribution in [1.29, 1.82) is 0 Å². The van der Waals surface area contributed by atoms with E-state index < -0.39 is 16.1 Å². The SMILES string of the molecule is CC(C)(O)C(C)(C)Oc1ccc([N+](=O)[O-])cc1.O[B]O. The zero-order valence-corrected chi connectivity index (χ0v) is 11.9. The molecule has 0 unspecified atom stereocenters. The van der Waals surface area contributed by atoms with E-state index in [1.165, 1.54) is 24.3 Å². The van der Waals surface area contributed by atoms with Crippen molar-refractivity contribution in [3.8, 4) is 5.75 Å². The molecule has 0 aromatic heterocycles. The van der Waals surface area contributed by atoms with Crippen molar-refractivity contribution in [3.05, 3.63) is 34.4 Å². The summed E-state index contributed by atoms with van der Waals surface area (Å²) >= 11 is 0. The Hall–Kier alpha value is -1.64. The zero-order chi connectivity index (χ0) is 16.0. The average molecular weight is 284 g/mol. The molecule has 1 radical (unpaired) electrons. The number of ether oxygens (including phenoxy) is 1. The quantitative estimate of drug-likeness (QED) is 0.432. The van der Waals surface area contributed by atoms with E-state index in [-0.39, 0.29) is 13.4 Å². The molecule has 0 saturated heterocycles. The molecule has 0 aliphatic rings. The number of aliphatic hydroxyl groups is 1. The van der Waals surface area contributed by atoms with E-state index >= 15 is 0 Å². The van der Waals surface area contributed by atoms with Crippen molar-refractivity contribution in [3.63, 3.8) is 0 Å². The van der Waals surface area contributed by atoms with Gasteiger partial charge in [-0.3, -0.25) is 10.1 Å². The molecule has 0 saturated carbocycles. The number of benzene rings is 1. The topological polar surface area (TPSA) is 113 Å². The molecule has 0 spiro atoms. The molecule has 1 aromatic carbocycles. The summed E-state index contributed by atoms with van der Waals surface area (Å²) in [4.78, 5) is 10.0. The van der Waals surface area contributed by atoms with Gasteiger partial charge in [0.05, 0.1) is 10.5 Å². The van der Waals surface area contributed by atoms with Crippen LogP contribution in [-0.4, -0.2) is 39.0 Å². The Kier molecular flexibility index (Phi) is 6.64. The maximum Gasteiger partial charge on any atom is 0.482 e. The molecular weight excluding hydrogens is 265 g/mol. The van der Waals surface area contributed by atoms with E-state index in [2.05, 4.69) is 0 Å². The number of nitrogens with zero attached hydrogens (tertiary/aromatic N) is 1. The summed E-state index contributed by atoms with van der Waals surface area (Å²) in [7, 11) is 0. The molecule has 0 heterocycles. The van der Waals surface area contributed by atoms with Gasteiger partial charge in [-0.25, -0.2) is 0 Å². The van der Waals surface area contributed by atoms with Crippen LogP contribution < -0.4 is 4.74 Å². The lowest BCUT2D eigenvalue weighted by Gasteiger charge is -2.37. The van der Waals surface area contributed by atoms with Gasteiger partial charge in [0.15, 0.2) is 0 Å². The highest BCUT2D eigenvalue weighted by Gasteiger charge is 2.37. The second-order valence-electron chi connectivity index (χ2n) is 5.04. The third-order valence-electron chi connectivity index (χ3n) is 2.89. The third kappa shape index (κ3) is 5.56. The molecule has 1 rings (SSSR count). The first kappa shape index (κ1) is 18.4. The lowest BCUT2D eigenvalue weighted by atomic mass is 9.89. The van der Waals surface area contributed by atoms with E-state index in [0.717, 1.165) is 0 Å². The lowest BCUT2D eigenvalue weighted by molar-refractivity contribution is -0.384. The van der Waals surface area contributed by atoms with E-state index in [1.807, 2.05) is 0 Å². The van der Waals surface area contributed by atoms with Crippen LogP contribution in [0.3, 0.4) is 0 Å². The van der Waals surface area contributed by atoms with Crippen molar-refractivity contribution in [1.82, 2.24) is 0 Å². The Morgan fingerprint density at radius 3 is 1.85 bits per heavy atom. The van der Waals surface area contributed by atoms with Crippen LogP contribution in [0.1, 0.15) is 27.7 Å². The van der Waals surface area contributed by atoms with Crippen molar-refractivity contribution < 1.29 is 24.8 Å². The van der Waals surface area contributed by atoms with Crippen LogP contribution in [0.2, 0.25) is 0 Å². The van der Waals surface area contributed by atoms with E-state index in [1.54, 1.807) is 27.7 Å². The predicted octanol–water partition coefficient (Wildman–Crippen LogP) is 1.03. The highest BCUT2D eigenvalue weighted by molar-refractivity contribution is 6.13. The highest BCUT2D eigenvalue weighted by atomic mass is 16.6. The van der Waals surface area contributed by atoms with Gasteiger partial charge in [0.25, 0.3) is 5.69 Å². The number of non-ortho nitro benzene ring substituents is 1. The second-order valence-corrected chi connectivity index (χ2v) is 5.04. The number of rotatable bonds is 4. The van der Waals surface area contributed by atoms with Gasteiger partial charge in [0.2, 0.25) is 0 Å². The van der Waals surface area contributed by atoms with Crippen molar-refractivity contribution in [2.45, 2.75) is 38.9 Å². The molecule has 0 amide bonds. The lowest BCUT2D eigenvalue weighted by Crippen LogP contribution is -2.49. The maximum absolute atomic E-state index is 10.5. The van der Waals surface area contributed by atoms with E-state index in [4.69, 9.17) is 14.8 Å². The third-order valence-corrected chi connectivity index (χ3v) is 2.89. The summed E-state index contributed by atoms with van der Waals surface area (Å²) in [5.41, 5.74) is -1.80. The van der Waals surface area contributed by atoms with Gasteiger partial charge in [-0.05, 0) is 39.8 Å². The van der Waals surface area contributed by atoms with Crippen LogP contribution in [0.5, 0.6) is 5.75 Å². The Morgan fingerprint density at radius 1 is 1.15 bits per heavy atom. The minimum Gasteiger partial charge on any atom is -0.485 e. The van der Waals surface area contributed by atoms with Gasteiger partial charge in [-0.2, -0.15) is 0 Å². The molecule has 0 fully saturated rings. The predicted molar refractivity (Wildman–Crippen MR) is 74.3 cm³/mol. The van der Waals surface area contributed by atoms with Gasteiger partial charge >= 0.3 is 7.69 Å². The Labute approximate surface area is 118 Å². The number of hydrogen-bond acceptors (Lipinski definition) is 6. The molecule has 0 atom stereocenters. The first-order valence-electron chi connectivity index (χ1n) is 5.81. The summed E-state index contributed by atoms with van der Waals surface area (Å²) in [6, 6.07) is 5.78. The van der Waals surface area contributed by atoms with Gasteiger partial charge in [0, 0.05) is 12.1 Å². The summed E-state index contributed by atoms with van der Waals surface area (Å²) < 4.78 is 5.63. The smallest absolute Gasteiger partial charge is 0.482 e. The van der Waals surface area contributed by atoms with Gasteiger partial charge in [-0.1, -0.05) is 0 Å². The van der Waals surface area contributed by atoms with Gasteiger partial charge in [-0.15, -0.1) is 0 Å². The molecule has 8 heteroatoms. The largest absolute Gasteiger partial charge is 0.485 e. The van der Waals surface area contributed by atoms with Crippen molar-refractivity contribution >= 4 is 13.4 Å². The minimum atomic E-state index is -1.02. The van der Waals surface area contributed by atoms with Crippen LogP contribution in [-0.2, 0) is 0 Å². The van der Waals surface area contributed by atoms with Crippen molar-refractivity contribution in [2.24, 2.45) is 0 Å². The fourth-order valence-corrected chi connectivity index (χ4v) is 1.06. The fraction of sp³-hybridized carbons (Fsp3) is 0.500. The summed E-state index contributed by atoms with van der Waals surface area (Å²) in [5.74, 6) is 0.489. The van der Waals surface area contributed by atoms with Crippen LogP contribution in [0, 0.1) is 10.1 Å². The fourth-order valence-electron chi connectivity index (χ4n) is 1.06. The minimum absolute atomic E-state index is 0. The van der Waals surface area contributed by atoms with Gasteiger partial charge in [0.1, 0.15) is 11.4 Å². The molecule has 20 heavy (non-hydrogen) atoms. The Balaban J connectivity index is 0.00000110. The zero-order valence-electron chi connectivity index (χ0n) is 11.9. The molecule has 7 nitrogen and oxygen atoms in total. The standard InChI is InChI=1S/C12H17NO4.BH2O2/c1-11(2,14)12(3,4)17-10-7-5-9(6-8-10)13(15)16;2-1-3/h5-8,14H,1-4H3;2-3H. The maximum atomic E-state index is 10.5. The number of nitro groups is 1. The highest BCUT2D eigenvalue weighted by Crippen LogP contribution is 2.28. The molecule has 0 aliphatic heterocycles. The molecule has 3 N–H and O–H groups in total.